The van der Waals surface area contributed by atoms with Crippen LogP contribution in [0, 0.1) is 0 Å². The van der Waals surface area contributed by atoms with Crippen LogP contribution in [0.2, 0.25) is 0 Å². The zero-order valence-corrected chi connectivity index (χ0v) is 10.2. The van der Waals surface area contributed by atoms with Crippen LogP contribution in [0.25, 0.3) is 0 Å². The van der Waals surface area contributed by atoms with Crippen LogP contribution in [0.1, 0.15) is 32.1 Å². The van der Waals surface area contributed by atoms with Crippen molar-refractivity contribution < 1.29 is 29.4 Å². The van der Waals surface area contributed by atoms with Gasteiger partial charge in [-0.25, -0.2) is 0 Å². The molecule has 0 heterocycles. The van der Waals surface area contributed by atoms with Crippen molar-refractivity contribution in [3.8, 4) is 0 Å². The van der Waals surface area contributed by atoms with E-state index in [1.165, 1.54) is 0 Å². The van der Waals surface area contributed by atoms with E-state index >= 15 is 0 Å². The van der Waals surface area contributed by atoms with E-state index in [1.807, 2.05) is 0 Å². The Kier molecular flexibility index (Phi) is 4.57. The van der Waals surface area contributed by atoms with E-state index in [4.69, 9.17) is 16.7 Å². The average Bonchev–Trinajstić information content (AvgIpc) is 1.89. The summed E-state index contributed by atoms with van der Waals surface area (Å²) in [6.45, 7) is 0. The van der Waals surface area contributed by atoms with Gasteiger partial charge in [-0.3, -0.25) is 4.79 Å². The van der Waals surface area contributed by atoms with Gasteiger partial charge in [0.05, 0.1) is 0 Å². The number of hydrogen-bond acceptors (Lipinski definition) is 1. The average molecular weight is 228 g/mol. The van der Waals surface area contributed by atoms with Crippen LogP contribution in [-0.2, 0) is 24.3 Å². The quantitative estimate of drug-likeness (QED) is 0.550. The molecule has 1 aliphatic rings. The Morgan fingerprint density at radius 1 is 1.27 bits per heavy atom. The summed E-state index contributed by atoms with van der Waals surface area (Å²) in [7, 11) is 0. The predicted octanol–water partition coefficient (Wildman–Crippen LogP) is 2.01. The van der Waals surface area contributed by atoms with Crippen molar-refractivity contribution >= 4 is 17.6 Å². The fourth-order valence-corrected chi connectivity index (χ4v) is 1.59. The van der Waals surface area contributed by atoms with Crippen molar-refractivity contribution in [2.45, 2.75) is 37.0 Å². The van der Waals surface area contributed by atoms with E-state index in [2.05, 4.69) is 0 Å². The molecule has 1 fully saturated rings. The van der Waals surface area contributed by atoms with Crippen LogP contribution in [0.3, 0.4) is 0 Å². The number of halogens is 1. The molecule has 0 spiro atoms. The Bertz CT molecular complexity index is 143. The minimum Gasteiger partial charge on any atom is -0.480 e. The van der Waals surface area contributed by atoms with Crippen molar-refractivity contribution in [3.63, 3.8) is 0 Å². The monoisotopic (exact) mass is 226 g/mol. The van der Waals surface area contributed by atoms with Crippen LogP contribution < -0.4 is 0 Å². The molecule has 0 amide bonds. The Balaban J connectivity index is 0.000001000. The van der Waals surface area contributed by atoms with E-state index in [0.717, 1.165) is 19.3 Å². The Morgan fingerprint density at radius 3 is 2.00 bits per heavy atom. The van der Waals surface area contributed by atoms with Crippen LogP contribution in [-0.4, -0.2) is 16.0 Å². The first-order valence-corrected chi connectivity index (χ1v) is 3.95. The molecule has 0 bridgehead atoms. The molecule has 0 aromatic heterocycles. The molecule has 60 valence electrons. The van der Waals surface area contributed by atoms with Crippen LogP contribution in [0.15, 0.2) is 0 Å². The van der Waals surface area contributed by atoms with Gasteiger partial charge < -0.3 is 5.11 Å². The van der Waals surface area contributed by atoms with E-state index < -0.39 is 10.8 Å². The summed E-state index contributed by atoms with van der Waals surface area (Å²) in [5.74, 6) is -0.853. The third-order valence-corrected chi connectivity index (χ3v) is 2.57. The van der Waals surface area contributed by atoms with E-state index in [1.54, 1.807) is 0 Å². The largest absolute Gasteiger partial charge is 0.480 e. The smallest absolute Gasteiger partial charge is 0.324 e. The molecule has 0 aliphatic heterocycles. The van der Waals surface area contributed by atoms with Crippen LogP contribution in [0.5, 0.6) is 0 Å². The molecule has 0 atom stereocenters. The molecule has 0 aromatic carbocycles. The Labute approximate surface area is 84.1 Å². The summed E-state index contributed by atoms with van der Waals surface area (Å²) in [6.07, 6.45) is 4.29. The molecule has 1 rings (SSSR count). The molecule has 0 saturated heterocycles. The van der Waals surface area contributed by atoms with E-state index in [-0.39, 0.29) is 19.5 Å². The second-order valence-electron chi connectivity index (χ2n) is 2.83. The van der Waals surface area contributed by atoms with Crippen LogP contribution in [0.4, 0.5) is 0 Å². The first-order chi connectivity index (χ1) is 4.65. The minimum atomic E-state index is -0.932. The van der Waals surface area contributed by atoms with Gasteiger partial charge in [0.25, 0.3) is 0 Å². The van der Waals surface area contributed by atoms with Gasteiger partial charge in [0.15, 0.2) is 0 Å². The second kappa shape index (κ2) is 4.42. The van der Waals surface area contributed by atoms with Gasteiger partial charge >= 0.3 is 5.97 Å². The van der Waals surface area contributed by atoms with Crippen molar-refractivity contribution in [2.75, 3.05) is 0 Å². The molecule has 2 nitrogen and oxygen atoms in total. The molecular formula is C7H11ClO2Zn. The molecule has 0 radical (unpaired) electrons. The van der Waals surface area contributed by atoms with Gasteiger partial charge in [-0.2, -0.15) is 0 Å². The maximum absolute atomic E-state index is 10.5. The molecule has 0 unspecified atom stereocenters. The van der Waals surface area contributed by atoms with Gasteiger partial charge in [0, 0.05) is 19.5 Å². The number of alkyl halides is 1. The van der Waals surface area contributed by atoms with Crippen molar-refractivity contribution in [1.82, 2.24) is 0 Å². The van der Waals surface area contributed by atoms with Crippen molar-refractivity contribution in [2.24, 2.45) is 0 Å². The first-order valence-electron chi connectivity index (χ1n) is 3.57. The van der Waals surface area contributed by atoms with Gasteiger partial charge in [-0.15, -0.1) is 11.6 Å². The summed E-state index contributed by atoms with van der Waals surface area (Å²) >= 11 is 5.81. The van der Waals surface area contributed by atoms with Gasteiger partial charge in [0.1, 0.15) is 4.87 Å². The summed E-state index contributed by atoms with van der Waals surface area (Å²) in [6, 6.07) is 0. The number of carboxylic acids is 1. The van der Waals surface area contributed by atoms with E-state index in [0.29, 0.717) is 12.8 Å². The number of carbonyl (C=O) groups is 1. The molecule has 11 heavy (non-hydrogen) atoms. The zero-order valence-electron chi connectivity index (χ0n) is 6.48. The third-order valence-electron chi connectivity index (χ3n) is 2.03. The van der Waals surface area contributed by atoms with Gasteiger partial charge in [0.2, 0.25) is 0 Å². The zero-order chi connectivity index (χ0) is 7.61. The topological polar surface area (TPSA) is 37.3 Å². The maximum atomic E-state index is 10.5. The number of aliphatic carboxylic acids is 1. The fourth-order valence-electron chi connectivity index (χ4n) is 1.33. The molecule has 0 aromatic rings. The van der Waals surface area contributed by atoms with Crippen LogP contribution >= 0.6 is 11.6 Å². The molecule has 4 heteroatoms. The summed E-state index contributed by atoms with van der Waals surface area (Å²) in [5.41, 5.74) is 0. The second-order valence-corrected chi connectivity index (χ2v) is 3.55. The standard InChI is InChI=1S/C7H11ClO2.Zn/c8-7(6(9)10)4-2-1-3-5-7;/h1-5H2,(H,9,10);. The summed E-state index contributed by atoms with van der Waals surface area (Å²) < 4.78 is 0. The number of rotatable bonds is 1. The predicted molar refractivity (Wildman–Crippen MR) is 39.3 cm³/mol. The van der Waals surface area contributed by atoms with Crippen molar-refractivity contribution in [1.29, 1.82) is 0 Å². The minimum absolute atomic E-state index is 0. The summed E-state index contributed by atoms with van der Waals surface area (Å²) in [5, 5.41) is 8.67. The molecule has 1 saturated carbocycles. The first kappa shape index (κ1) is 11.4. The molecule has 1 N–H and O–H groups in total. The van der Waals surface area contributed by atoms with Gasteiger partial charge in [-0.05, 0) is 12.8 Å². The molecule has 1 aliphatic carbocycles. The third kappa shape index (κ3) is 2.72. The molecular weight excluding hydrogens is 217 g/mol. The number of hydrogen-bond donors (Lipinski definition) is 1. The van der Waals surface area contributed by atoms with Gasteiger partial charge in [-0.1, -0.05) is 19.3 Å². The maximum Gasteiger partial charge on any atom is 0.324 e. The Hall–Kier alpha value is 0.383. The fraction of sp³-hybridized carbons (Fsp3) is 0.857. The van der Waals surface area contributed by atoms with Crippen molar-refractivity contribution in [3.05, 3.63) is 0 Å². The van der Waals surface area contributed by atoms with E-state index in [9.17, 15) is 4.79 Å². The normalized spacial score (nSPS) is 21.9. The summed E-state index contributed by atoms with van der Waals surface area (Å²) in [4.78, 5) is 9.61. The SMILES string of the molecule is O=C(O)C1(Cl)CCCCC1.[Zn]. The number of carboxylic acid groups (broad SMARTS) is 1. The Morgan fingerprint density at radius 2 is 1.73 bits per heavy atom.